The largest absolute Gasteiger partial charge is 0.469 e. The quantitative estimate of drug-likeness (QED) is 0.547. The molecule has 138 valence electrons. The minimum absolute atomic E-state index is 0.0562. The molecule has 1 saturated heterocycles. The number of hydrogen-bond donors (Lipinski definition) is 0. The van der Waals surface area contributed by atoms with Crippen molar-refractivity contribution in [1.29, 1.82) is 0 Å². The molecular formula is C22H19N5O. The van der Waals surface area contributed by atoms with E-state index in [9.17, 15) is 0 Å². The number of anilines is 1. The van der Waals surface area contributed by atoms with Gasteiger partial charge in [0, 0.05) is 35.7 Å². The first kappa shape index (κ1) is 16.6. The lowest BCUT2D eigenvalue weighted by Crippen LogP contribution is -2.54. The highest BCUT2D eigenvalue weighted by molar-refractivity contribution is 5.80. The number of hydrogen-bond acceptors (Lipinski definition) is 6. The number of nitrogens with zero attached hydrogens (tertiary/aromatic N) is 5. The van der Waals surface area contributed by atoms with E-state index in [4.69, 9.17) is 9.72 Å². The highest BCUT2D eigenvalue weighted by Gasteiger charge is 2.31. The minimum Gasteiger partial charge on any atom is -0.469 e. The van der Waals surface area contributed by atoms with Crippen LogP contribution in [0.2, 0.25) is 0 Å². The average Bonchev–Trinajstić information content (AvgIpc) is 2.71. The normalized spacial score (nSPS) is 14.1. The number of rotatable bonds is 4. The van der Waals surface area contributed by atoms with Crippen molar-refractivity contribution in [3.8, 4) is 17.1 Å². The molecule has 1 fully saturated rings. The smallest absolute Gasteiger partial charge is 0.241 e. The zero-order valence-corrected chi connectivity index (χ0v) is 15.5. The Labute approximate surface area is 162 Å². The molecule has 0 saturated carbocycles. The lowest BCUT2D eigenvalue weighted by atomic mass is 10.1. The third-order valence-corrected chi connectivity index (χ3v) is 4.99. The molecule has 28 heavy (non-hydrogen) atoms. The maximum Gasteiger partial charge on any atom is 0.241 e. The molecule has 0 aliphatic carbocycles. The first-order chi connectivity index (χ1) is 13.8. The zero-order chi connectivity index (χ0) is 18.9. The van der Waals surface area contributed by atoms with Crippen molar-refractivity contribution in [2.45, 2.75) is 13.0 Å². The Morgan fingerprint density at radius 3 is 2.71 bits per heavy atom. The summed E-state index contributed by atoms with van der Waals surface area (Å²) in [5.41, 5.74) is 3.77. The second-order valence-corrected chi connectivity index (χ2v) is 6.91. The van der Waals surface area contributed by atoms with Crippen LogP contribution in [-0.4, -0.2) is 39.1 Å². The number of ether oxygens (including phenoxy) is 1. The van der Waals surface area contributed by atoms with E-state index in [-0.39, 0.29) is 6.10 Å². The molecule has 1 aromatic carbocycles. The first-order valence-electron chi connectivity index (χ1n) is 9.27. The fraction of sp³-hybridized carbons (Fsp3) is 0.182. The molecule has 6 heteroatoms. The summed E-state index contributed by atoms with van der Waals surface area (Å²) in [6.45, 7) is 3.58. The van der Waals surface area contributed by atoms with Gasteiger partial charge in [0.1, 0.15) is 17.6 Å². The van der Waals surface area contributed by atoms with Gasteiger partial charge in [0.05, 0.1) is 18.6 Å². The summed E-state index contributed by atoms with van der Waals surface area (Å²) < 4.78 is 6.16. The van der Waals surface area contributed by atoms with Crippen molar-refractivity contribution in [2.75, 3.05) is 18.0 Å². The third-order valence-electron chi connectivity index (χ3n) is 4.99. The number of fused-ring (bicyclic) bond motifs is 1. The zero-order valence-electron chi connectivity index (χ0n) is 15.5. The molecule has 5 rings (SSSR count). The van der Waals surface area contributed by atoms with E-state index < -0.39 is 0 Å². The van der Waals surface area contributed by atoms with E-state index in [0.717, 1.165) is 46.6 Å². The predicted molar refractivity (Wildman–Crippen MR) is 108 cm³/mol. The lowest BCUT2D eigenvalue weighted by molar-refractivity contribution is 0.160. The van der Waals surface area contributed by atoms with Crippen LogP contribution in [0, 0.1) is 6.92 Å². The van der Waals surface area contributed by atoms with Gasteiger partial charge in [0.2, 0.25) is 5.88 Å². The van der Waals surface area contributed by atoms with E-state index in [1.807, 2.05) is 31.2 Å². The van der Waals surface area contributed by atoms with Crippen molar-refractivity contribution >= 4 is 16.7 Å². The summed E-state index contributed by atoms with van der Waals surface area (Å²) in [7, 11) is 0. The Morgan fingerprint density at radius 2 is 1.82 bits per heavy atom. The summed E-state index contributed by atoms with van der Waals surface area (Å²) in [5, 5.41) is 1.15. The predicted octanol–water partition coefficient (Wildman–Crippen LogP) is 3.66. The van der Waals surface area contributed by atoms with Gasteiger partial charge >= 0.3 is 0 Å². The molecule has 0 unspecified atom stereocenters. The van der Waals surface area contributed by atoms with Gasteiger partial charge in [-0.05, 0) is 36.8 Å². The summed E-state index contributed by atoms with van der Waals surface area (Å²) in [6.07, 6.45) is 6.97. The second kappa shape index (κ2) is 6.88. The van der Waals surface area contributed by atoms with E-state index >= 15 is 0 Å². The van der Waals surface area contributed by atoms with Crippen LogP contribution in [0.25, 0.3) is 22.2 Å². The summed E-state index contributed by atoms with van der Waals surface area (Å²) in [4.78, 5) is 20.1. The van der Waals surface area contributed by atoms with Gasteiger partial charge in [-0.15, -0.1) is 0 Å². The topological polar surface area (TPSA) is 64.0 Å². The van der Waals surface area contributed by atoms with Crippen LogP contribution >= 0.6 is 0 Å². The molecule has 0 spiro atoms. The standard InChI is InChI=1S/C22H19N5O/c1-15-8-9-23-12-18(15)21-22(25-11-10-24-21)28-17-13-27(14-17)20-7-6-16-4-2-3-5-19(16)26-20/h2-12,17H,13-14H2,1H3. The van der Waals surface area contributed by atoms with E-state index in [2.05, 4.69) is 38.1 Å². The molecule has 0 amide bonds. The Hall–Kier alpha value is -3.54. The van der Waals surface area contributed by atoms with Gasteiger partial charge in [-0.3, -0.25) is 4.98 Å². The van der Waals surface area contributed by atoms with Crippen LogP contribution in [0.3, 0.4) is 0 Å². The summed E-state index contributed by atoms with van der Waals surface area (Å²) >= 11 is 0. The Balaban J connectivity index is 1.32. The van der Waals surface area contributed by atoms with Crippen LogP contribution in [0.4, 0.5) is 5.82 Å². The van der Waals surface area contributed by atoms with E-state index in [1.165, 1.54) is 0 Å². The molecular weight excluding hydrogens is 350 g/mol. The van der Waals surface area contributed by atoms with Crippen LogP contribution in [-0.2, 0) is 0 Å². The monoisotopic (exact) mass is 369 g/mol. The number of para-hydroxylation sites is 1. The first-order valence-corrected chi connectivity index (χ1v) is 9.27. The van der Waals surface area contributed by atoms with Crippen molar-refractivity contribution in [3.05, 3.63) is 72.8 Å². The summed E-state index contributed by atoms with van der Waals surface area (Å²) in [5.74, 6) is 1.52. The van der Waals surface area contributed by atoms with Crippen molar-refractivity contribution in [2.24, 2.45) is 0 Å². The van der Waals surface area contributed by atoms with Gasteiger partial charge < -0.3 is 9.64 Å². The number of aromatic nitrogens is 4. The van der Waals surface area contributed by atoms with E-state index in [0.29, 0.717) is 5.88 Å². The highest BCUT2D eigenvalue weighted by atomic mass is 16.5. The SMILES string of the molecule is Cc1ccncc1-c1nccnc1OC1CN(c2ccc3ccccc3n2)C1. The van der Waals surface area contributed by atoms with Crippen LogP contribution < -0.4 is 9.64 Å². The van der Waals surface area contributed by atoms with Gasteiger partial charge in [0.25, 0.3) is 0 Å². The molecule has 1 aliphatic rings. The van der Waals surface area contributed by atoms with Gasteiger partial charge in [-0.2, -0.15) is 0 Å². The number of aryl methyl sites for hydroxylation is 1. The highest BCUT2D eigenvalue weighted by Crippen LogP contribution is 2.30. The Kier molecular flexibility index (Phi) is 4.09. The molecule has 3 aromatic heterocycles. The molecule has 6 nitrogen and oxygen atoms in total. The van der Waals surface area contributed by atoms with Crippen LogP contribution in [0.15, 0.2) is 67.3 Å². The fourth-order valence-electron chi connectivity index (χ4n) is 3.40. The molecule has 4 aromatic rings. The van der Waals surface area contributed by atoms with Gasteiger partial charge in [-0.1, -0.05) is 18.2 Å². The maximum absolute atomic E-state index is 6.16. The number of pyridine rings is 2. The molecule has 4 heterocycles. The molecule has 0 atom stereocenters. The molecule has 0 N–H and O–H groups in total. The minimum atomic E-state index is 0.0562. The molecule has 1 aliphatic heterocycles. The van der Waals surface area contributed by atoms with Crippen LogP contribution in [0.1, 0.15) is 5.56 Å². The van der Waals surface area contributed by atoms with Gasteiger partial charge in [-0.25, -0.2) is 15.0 Å². The maximum atomic E-state index is 6.16. The Morgan fingerprint density at radius 1 is 0.964 bits per heavy atom. The number of benzene rings is 1. The van der Waals surface area contributed by atoms with Crippen molar-refractivity contribution in [1.82, 2.24) is 19.9 Å². The third kappa shape index (κ3) is 3.03. The van der Waals surface area contributed by atoms with E-state index in [1.54, 1.807) is 24.8 Å². The molecule has 0 bridgehead atoms. The van der Waals surface area contributed by atoms with Crippen LogP contribution in [0.5, 0.6) is 5.88 Å². The Bertz CT molecular complexity index is 1140. The lowest BCUT2D eigenvalue weighted by Gasteiger charge is -2.39. The van der Waals surface area contributed by atoms with Crippen molar-refractivity contribution in [3.63, 3.8) is 0 Å². The van der Waals surface area contributed by atoms with Crippen molar-refractivity contribution < 1.29 is 4.74 Å². The fourth-order valence-corrected chi connectivity index (χ4v) is 3.40. The summed E-state index contributed by atoms with van der Waals surface area (Å²) in [6, 6.07) is 14.3. The average molecular weight is 369 g/mol. The molecule has 0 radical (unpaired) electrons. The second-order valence-electron chi connectivity index (χ2n) is 6.91. The van der Waals surface area contributed by atoms with Gasteiger partial charge in [0.15, 0.2) is 0 Å².